The summed E-state index contributed by atoms with van der Waals surface area (Å²) in [5, 5.41) is 8.13. The molecule has 3 rings (SSSR count). The van der Waals surface area contributed by atoms with Gasteiger partial charge in [-0.25, -0.2) is 0 Å². The van der Waals surface area contributed by atoms with Crippen molar-refractivity contribution >= 4 is 24.0 Å². The Labute approximate surface area is 141 Å². The summed E-state index contributed by atoms with van der Waals surface area (Å²) in [6.07, 6.45) is 0.783. The van der Waals surface area contributed by atoms with E-state index in [4.69, 9.17) is 16.1 Å². The van der Waals surface area contributed by atoms with Gasteiger partial charge in [0.2, 0.25) is 11.7 Å². The molecule has 1 saturated heterocycles. The number of hydrogen-bond donors (Lipinski definition) is 1. The van der Waals surface area contributed by atoms with Gasteiger partial charge in [0.15, 0.2) is 0 Å². The number of rotatable bonds is 4. The Hall–Kier alpha value is -1.14. The summed E-state index contributed by atoms with van der Waals surface area (Å²) in [6, 6.07) is 8.01. The van der Waals surface area contributed by atoms with Gasteiger partial charge in [0.25, 0.3) is 0 Å². The van der Waals surface area contributed by atoms with Crippen LogP contribution in [0.3, 0.4) is 0 Å². The van der Waals surface area contributed by atoms with Crippen molar-refractivity contribution in [2.45, 2.75) is 19.4 Å². The predicted octanol–water partition coefficient (Wildman–Crippen LogP) is 2.65. The van der Waals surface area contributed by atoms with Crippen LogP contribution in [0.1, 0.15) is 12.8 Å². The van der Waals surface area contributed by atoms with E-state index < -0.39 is 0 Å². The van der Waals surface area contributed by atoms with E-state index in [2.05, 4.69) is 27.3 Å². The first-order valence-corrected chi connectivity index (χ1v) is 7.63. The minimum Gasteiger partial charge on any atom is -0.339 e. The van der Waals surface area contributed by atoms with Crippen molar-refractivity contribution < 1.29 is 4.52 Å². The van der Waals surface area contributed by atoms with E-state index in [1.807, 2.05) is 24.3 Å². The van der Waals surface area contributed by atoms with Crippen molar-refractivity contribution in [2.24, 2.45) is 0 Å². The van der Waals surface area contributed by atoms with Gasteiger partial charge in [-0.2, -0.15) is 4.98 Å². The first-order chi connectivity index (χ1) is 10.2. The van der Waals surface area contributed by atoms with Crippen LogP contribution in [-0.2, 0) is 6.42 Å². The fraction of sp³-hybridized carbons (Fsp3) is 0.467. The molecule has 0 bridgehead atoms. The maximum absolute atomic E-state index is 5.88. The van der Waals surface area contributed by atoms with Crippen LogP contribution in [-0.4, -0.2) is 47.3 Å². The summed E-state index contributed by atoms with van der Waals surface area (Å²) < 4.78 is 5.34. The van der Waals surface area contributed by atoms with Crippen molar-refractivity contribution in [2.75, 3.05) is 26.2 Å². The van der Waals surface area contributed by atoms with Gasteiger partial charge >= 0.3 is 0 Å². The molecule has 1 aliphatic heterocycles. The fourth-order valence-electron chi connectivity index (χ4n) is 2.53. The van der Waals surface area contributed by atoms with Crippen molar-refractivity contribution in [3.8, 4) is 11.4 Å². The SMILES string of the molecule is C[C@@H]1CNCCN1CCc1nc(-c2ccc(Cl)cc2)no1.Cl. The molecule has 0 saturated carbocycles. The van der Waals surface area contributed by atoms with Gasteiger partial charge < -0.3 is 9.84 Å². The van der Waals surface area contributed by atoms with Crippen LogP contribution < -0.4 is 5.32 Å². The molecular weight excluding hydrogens is 323 g/mol. The van der Waals surface area contributed by atoms with Crippen molar-refractivity contribution in [1.29, 1.82) is 0 Å². The number of aromatic nitrogens is 2. The zero-order chi connectivity index (χ0) is 14.7. The monoisotopic (exact) mass is 342 g/mol. The van der Waals surface area contributed by atoms with Gasteiger partial charge in [-0.05, 0) is 31.2 Å². The molecule has 0 amide bonds. The molecule has 1 atom stereocenters. The molecule has 2 aromatic rings. The van der Waals surface area contributed by atoms with Gasteiger partial charge in [0.05, 0.1) is 0 Å². The first kappa shape index (κ1) is 17.2. The van der Waals surface area contributed by atoms with E-state index in [1.165, 1.54) is 0 Å². The highest BCUT2D eigenvalue weighted by molar-refractivity contribution is 6.30. The molecule has 1 aromatic carbocycles. The number of nitrogens with one attached hydrogen (secondary N) is 1. The number of benzene rings is 1. The molecule has 0 unspecified atom stereocenters. The highest BCUT2D eigenvalue weighted by atomic mass is 35.5. The average Bonchev–Trinajstić information content (AvgIpc) is 2.96. The largest absolute Gasteiger partial charge is 0.339 e. The standard InChI is InChI=1S/C15H19ClN4O.ClH/c1-11-10-17-7-9-20(11)8-6-14-18-15(19-21-14)12-2-4-13(16)5-3-12;/h2-5,11,17H,6-10H2,1H3;1H/t11-;/m1./s1. The summed E-state index contributed by atoms with van der Waals surface area (Å²) in [5.74, 6) is 1.31. The third-order valence-electron chi connectivity index (χ3n) is 3.82. The summed E-state index contributed by atoms with van der Waals surface area (Å²) in [4.78, 5) is 6.90. The minimum atomic E-state index is 0. The van der Waals surface area contributed by atoms with Gasteiger partial charge in [0.1, 0.15) is 0 Å². The van der Waals surface area contributed by atoms with E-state index in [0.29, 0.717) is 22.8 Å². The maximum atomic E-state index is 5.88. The van der Waals surface area contributed by atoms with Gasteiger partial charge in [0, 0.05) is 49.2 Å². The Morgan fingerprint density at radius 3 is 2.86 bits per heavy atom. The minimum absolute atomic E-state index is 0. The molecule has 0 spiro atoms. The quantitative estimate of drug-likeness (QED) is 0.925. The van der Waals surface area contributed by atoms with Crippen molar-refractivity contribution in [3.05, 3.63) is 35.2 Å². The summed E-state index contributed by atoms with van der Waals surface area (Å²) in [5.41, 5.74) is 0.921. The molecule has 1 aliphatic rings. The van der Waals surface area contributed by atoms with Crippen LogP contribution in [0, 0.1) is 0 Å². The van der Waals surface area contributed by atoms with Gasteiger partial charge in [-0.15, -0.1) is 12.4 Å². The van der Waals surface area contributed by atoms with E-state index in [1.54, 1.807) is 0 Å². The highest BCUT2D eigenvalue weighted by Crippen LogP contribution is 2.18. The lowest BCUT2D eigenvalue weighted by molar-refractivity contribution is 0.171. The number of nitrogens with zero attached hydrogens (tertiary/aromatic N) is 3. The lowest BCUT2D eigenvalue weighted by Crippen LogP contribution is -2.50. The Morgan fingerprint density at radius 2 is 2.14 bits per heavy atom. The van der Waals surface area contributed by atoms with Crippen LogP contribution in [0.4, 0.5) is 0 Å². The van der Waals surface area contributed by atoms with Crippen LogP contribution in [0.5, 0.6) is 0 Å². The second-order valence-electron chi connectivity index (χ2n) is 5.36. The third-order valence-corrected chi connectivity index (χ3v) is 4.07. The molecule has 120 valence electrons. The van der Waals surface area contributed by atoms with Crippen molar-refractivity contribution in [1.82, 2.24) is 20.4 Å². The molecule has 1 fully saturated rings. The normalized spacial score (nSPS) is 18.9. The smallest absolute Gasteiger partial charge is 0.228 e. The number of piperazine rings is 1. The molecule has 22 heavy (non-hydrogen) atoms. The third kappa shape index (κ3) is 4.20. The Morgan fingerprint density at radius 1 is 1.36 bits per heavy atom. The average molecular weight is 343 g/mol. The molecule has 1 aromatic heterocycles. The predicted molar refractivity (Wildman–Crippen MR) is 89.6 cm³/mol. The first-order valence-electron chi connectivity index (χ1n) is 7.25. The fourth-order valence-corrected chi connectivity index (χ4v) is 2.65. The summed E-state index contributed by atoms with van der Waals surface area (Å²) >= 11 is 5.88. The molecule has 0 aliphatic carbocycles. The molecule has 5 nitrogen and oxygen atoms in total. The Kier molecular flexibility index (Phi) is 6.20. The highest BCUT2D eigenvalue weighted by Gasteiger charge is 2.18. The molecule has 0 radical (unpaired) electrons. The molecule has 2 heterocycles. The Balaban J connectivity index is 0.00000176. The lowest BCUT2D eigenvalue weighted by Gasteiger charge is -2.33. The van der Waals surface area contributed by atoms with E-state index >= 15 is 0 Å². The van der Waals surface area contributed by atoms with Gasteiger partial charge in [-0.1, -0.05) is 16.8 Å². The zero-order valence-corrected chi connectivity index (χ0v) is 14.0. The second kappa shape index (κ2) is 7.92. The van der Waals surface area contributed by atoms with Crippen molar-refractivity contribution in [3.63, 3.8) is 0 Å². The van der Waals surface area contributed by atoms with Crippen LogP contribution in [0.2, 0.25) is 5.02 Å². The maximum Gasteiger partial charge on any atom is 0.228 e. The molecular formula is C15H20Cl2N4O. The molecule has 1 N–H and O–H groups in total. The van der Waals surface area contributed by atoms with Gasteiger partial charge in [-0.3, -0.25) is 4.90 Å². The summed E-state index contributed by atoms with van der Waals surface area (Å²) in [7, 11) is 0. The molecule has 7 heteroatoms. The van der Waals surface area contributed by atoms with Crippen LogP contribution >= 0.6 is 24.0 Å². The van der Waals surface area contributed by atoms with Crippen LogP contribution in [0.25, 0.3) is 11.4 Å². The summed E-state index contributed by atoms with van der Waals surface area (Å²) in [6.45, 7) is 6.34. The zero-order valence-electron chi connectivity index (χ0n) is 12.5. The Bertz CT molecular complexity index is 587. The van der Waals surface area contributed by atoms with E-state index in [0.717, 1.165) is 38.2 Å². The second-order valence-corrected chi connectivity index (χ2v) is 5.79. The topological polar surface area (TPSA) is 54.2 Å². The number of hydrogen-bond acceptors (Lipinski definition) is 5. The lowest BCUT2D eigenvalue weighted by atomic mass is 10.2. The van der Waals surface area contributed by atoms with E-state index in [-0.39, 0.29) is 12.4 Å². The number of halogens is 2. The van der Waals surface area contributed by atoms with Crippen LogP contribution in [0.15, 0.2) is 28.8 Å². The van der Waals surface area contributed by atoms with E-state index in [9.17, 15) is 0 Å².